The first-order valence-electron chi connectivity index (χ1n) is 5.32. The van der Waals surface area contributed by atoms with Crippen LogP contribution in [0.2, 0.25) is 0 Å². The minimum atomic E-state index is 0.852. The highest BCUT2D eigenvalue weighted by Crippen LogP contribution is 2.35. The van der Waals surface area contributed by atoms with E-state index in [0.717, 1.165) is 12.0 Å². The summed E-state index contributed by atoms with van der Waals surface area (Å²) in [5, 5.41) is 3.45. The molecule has 0 amide bonds. The maximum Gasteiger partial charge on any atom is 0.0110 e. The molecule has 1 aliphatic carbocycles. The molecular weight excluding hydrogens is 148 g/mol. The lowest BCUT2D eigenvalue weighted by molar-refractivity contribution is 0.202. The van der Waals surface area contributed by atoms with E-state index in [1.807, 2.05) is 0 Å². The van der Waals surface area contributed by atoms with E-state index in [2.05, 4.69) is 17.1 Å². The molecule has 1 unspecified atom stereocenters. The Morgan fingerprint density at radius 1 is 1.25 bits per heavy atom. The van der Waals surface area contributed by atoms with Gasteiger partial charge in [-0.3, -0.25) is 4.90 Å². The second kappa shape index (κ2) is 3.75. The Balaban J connectivity index is 1.82. The Morgan fingerprint density at radius 2 is 2.08 bits per heavy atom. The monoisotopic (exact) mass is 168 g/mol. The Hall–Kier alpha value is -0.0800. The van der Waals surface area contributed by atoms with E-state index >= 15 is 0 Å². The number of nitrogens with one attached hydrogen (secondary N) is 1. The van der Waals surface area contributed by atoms with Crippen LogP contribution in [0, 0.1) is 5.92 Å². The molecule has 1 atom stereocenters. The van der Waals surface area contributed by atoms with Crippen LogP contribution >= 0.6 is 0 Å². The fourth-order valence-electron chi connectivity index (χ4n) is 2.15. The van der Waals surface area contributed by atoms with Crippen molar-refractivity contribution in [1.29, 1.82) is 0 Å². The van der Waals surface area contributed by atoms with E-state index in [1.54, 1.807) is 0 Å². The van der Waals surface area contributed by atoms with E-state index in [0.29, 0.717) is 0 Å². The molecule has 0 spiro atoms. The van der Waals surface area contributed by atoms with E-state index in [1.165, 1.54) is 45.4 Å². The summed E-state index contributed by atoms with van der Waals surface area (Å²) in [7, 11) is 0. The second-order valence-electron chi connectivity index (χ2n) is 4.22. The minimum Gasteiger partial charge on any atom is -0.315 e. The molecule has 0 aromatic carbocycles. The quantitative estimate of drug-likeness (QED) is 0.664. The third-order valence-corrected chi connectivity index (χ3v) is 3.25. The molecule has 0 radical (unpaired) electrons. The number of hydrogen-bond acceptors (Lipinski definition) is 2. The Kier molecular flexibility index (Phi) is 2.66. The van der Waals surface area contributed by atoms with Crippen LogP contribution in [0.1, 0.15) is 26.2 Å². The fourth-order valence-corrected chi connectivity index (χ4v) is 2.15. The van der Waals surface area contributed by atoms with Crippen molar-refractivity contribution in [2.24, 2.45) is 5.92 Å². The predicted molar refractivity (Wildman–Crippen MR) is 51.2 cm³/mol. The SMILES string of the molecule is CC(C1CC1)N1CCCNCC1. The van der Waals surface area contributed by atoms with Gasteiger partial charge in [0.15, 0.2) is 0 Å². The van der Waals surface area contributed by atoms with E-state index in [9.17, 15) is 0 Å². The summed E-state index contributed by atoms with van der Waals surface area (Å²) in [4.78, 5) is 2.66. The van der Waals surface area contributed by atoms with Crippen molar-refractivity contribution in [3.05, 3.63) is 0 Å². The van der Waals surface area contributed by atoms with Gasteiger partial charge in [-0.1, -0.05) is 0 Å². The molecule has 0 aromatic rings. The average molecular weight is 168 g/mol. The first-order valence-corrected chi connectivity index (χ1v) is 5.32. The molecule has 1 aliphatic heterocycles. The van der Waals surface area contributed by atoms with Gasteiger partial charge in [0.2, 0.25) is 0 Å². The van der Waals surface area contributed by atoms with Crippen LogP contribution in [-0.4, -0.2) is 37.1 Å². The van der Waals surface area contributed by atoms with Crippen LogP contribution < -0.4 is 5.32 Å². The molecule has 0 aromatic heterocycles. The first-order chi connectivity index (χ1) is 5.88. The van der Waals surface area contributed by atoms with Crippen molar-refractivity contribution in [1.82, 2.24) is 10.2 Å². The van der Waals surface area contributed by atoms with Gasteiger partial charge in [-0.15, -0.1) is 0 Å². The maximum atomic E-state index is 3.45. The number of rotatable bonds is 2. The van der Waals surface area contributed by atoms with E-state index in [-0.39, 0.29) is 0 Å². The molecule has 12 heavy (non-hydrogen) atoms. The third kappa shape index (κ3) is 1.99. The number of hydrogen-bond donors (Lipinski definition) is 1. The van der Waals surface area contributed by atoms with E-state index in [4.69, 9.17) is 0 Å². The molecular formula is C10H20N2. The highest BCUT2D eigenvalue weighted by Gasteiger charge is 2.31. The standard InChI is InChI=1S/C10H20N2/c1-9(10-3-4-10)12-7-2-5-11-6-8-12/h9-11H,2-8H2,1H3. The molecule has 2 aliphatic rings. The fraction of sp³-hybridized carbons (Fsp3) is 1.00. The summed E-state index contributed by atoms with van der Waals surface area (Å²) in [5.41, 5.74) is 0. The smallest absolute Gasteiger partial charge is 0.0110 e. The van der Waals surface area contributed by atoms with Crippen molar-refractivity contribution in [2.45, 2.75) is 32.2 Å². The lowest BCUT2D eigenvalue weighted by Gasteiger charge is -2.27. The van der Waals surface area contributed by atoms with Gasteiger partial charge >= 0.3 is 0 Å². The highest BCUT2D eigenvalue weighted by atomic mass is 15.2. The van der Waals surface area contributed by atoms with Crippen LogP contribution in [0.15, 0.2) is 0 Å². The minimum absolute atomic E-state index is 0.852. The summed E-state index contributed by atoms with van der Waals surface area (Å²) < 4.78 is 0. The van der Waals surface area contributed by atoms with Gasteiger partial charge in [0.05, 0.1) is 0 Å². The zero-order valence-electron chi connectivity index (χ0n) is 8.05. The van der Waals surface area contributed by atoms with Gasteiger partial charge in [0.25, 0.3) is 0 Å². The predicted octanol–water partition coefficient (Wildman–Crippen LogP) is 1.08. The van der Waals surface area contributed by atoms with Crippen molar-refractivity contribution in [2.75, 3.05) is 26.2 Å². The van der Waals surface area contributed by atoms with Gasteiger partial charge in [-0.2, -0.15) is 0 Å². The van der Waals surface area contributed by atoms with Crippen molar-refractivity contribution >= 4 is 0 Å². The topological polar surface area (TPSA) is 15.3 Å². The molecule has 0 bridgehead atoms. The third-order valence-electron chi connectivity index (χ3n) is 3.25. The molecule has 1 heterocycles. The number of nitrogens with zero attached hydrogens (tertiary/aromatic N) is 1. The Morgan fingerprint density at radius 3 is 2.83 bits per heavy atom. The van der Waals surface area contributed by atoms with Crippen LogP contribution in [0.4, 0.5) is 0 Å². The van der Waals surface area contributed by atoms with Gasteiger partial charge in [0, 0.05) is 19.1 Å². The summed E-state index contributed by atoms with van der Waals surface area (Å²) in [6.07, 6.45) is 4.28. The molecule has 1 N–H and O–H groups in total. The Labute approximate surface area is 75.3 Å². The Bertz CT molecular complexity index is 135. The first kappa shape index (κ1) is 8.52. The summed E-state index contributed by atoms with van der Waals surface area (Å²) in [6.45, 7) is 7.39. The molecule has 2 heteroatoms. The molecule has 2 rings (SSSR count). The summed E-state index contributed by atoms with van der Waals surface area (Å²) in [6, 6.07) is 0.852. The summed E-state index contributed by atoms with van der Waals surface area (Å²) in [5.74, 6) is 1.03. The van der Waals surface area contributed by atoms with Crippen LogP contribution in [0.3, 0.4) is 0 Å². The largest absolute Gasteiger partial charge is 0.315 e. The van der Waals surface area contributed by atoms with Crippen LogP contribution in [-0.2, 0) is 0 Å². The lowest BCUT2D eigenvalue weighted by atomic mass is 10.2. The van der Waals surface area contributed by atoms with Gasteiger partial charge in [-0.05, 0) is 45.2 Å². The van der Waals surface area contributed by atoms with Crippen molar-refractivity contribution < 1.29 is 0 Å². The highest BCUT2D eigenvalue weighted by molar-refractivity contribution is 4.86. The molecule has 2 nitrogen and oxygen atoms in total. The second-order valence-corrected chi connectivity index (χ2v) is 4.22. The molecule has 1 saturated carbocycles. The molecule has 70 valence electrons. The van der Waals surface area contributed by atoms with Crippen LogP contribution in [0.5, 0.6) is 0 Å². The van der Waals surface area contributed by atoms with Crippen molar-refractivity contribution in [3.63, 3.8) is 0 Å². The molecule has 1 saturated heterocycles. The van der Waals surface area contributed by atoms with E-state index < -0.39 is 0 Å². The van der Waals surface area contributed by atoms with Crippen LogP contribution in [0.25, 0.3) is 0 Å². The summed E-state index contributed by atoms with van der Waals surface area (Å²) >= 11 is 0. The molecule has 2 fully saturated rings. The maximum absolute atomic E-state index is 3.45. The van der Waals surface area contributed by atoms with Gasteiger partial charge in [0.1, 0.15) is 0 Å². The van der Waals surface area contributed by atoms with Gasteiger partial charge < -0.3 is 5.32 Å². The lowest BCUT2D eigenvalue weighted by Crippen LogP contribution is -2.37. The van der Waals surface area contributed by atoms with Crippen molar-refractivity contribution in [3.8, 4) is 0 Å². The normalized spacial score (nSPS) is 29.8. The zero-order chi connectivity index (χ0) is 8.39. The average Bonchev–Trinajstić information content (AvgIpc) is 2.92. The van der Waals surface area contributed by atoms with Gasteiger partial charge in [-0.25, -0.2) is 0 Å². The zero-order valence-corrected chi connectivity index (χ0v) is 8.05.